The average Bonchev–Trinajstić information content (AvgIpc) is 2.14. The fraction of sp³-hybridized carbons (Fsp3) is 0.400. The summed E-state index contributed by atoms with van der Waals surface area (Å²) in [6, 6.07) is 10.3. The normalized spacial score (nSPS) is 27.8. The largest absolute Gasteiger partial charge is 0.391 e. The van der Waals surface area contributed by atoms with Crippen LogP contribution in [0.25, 0.3) is 0 Å². The lowest BCUT2D eigenvalue weighted by Crippen LogP contribution is -2.42. The van der Waals surface area contributed by atoms with Crippen LogP contribution in [0.1, 0.15) is 12.8 Å². The Morgan fingerprint density at radius 3 is 2.42 bits per heavy atom. The minimum Gasteiger partial charge on any atom is -0.391 e. The second-order valence-corrected chi connectivity index (χ2v) is 3.26. The van der Waals surface area contributed by atoms with E-state index in [4.69, 9.17) is 0 Å². The third kappa shape index (κ3) is 1.43. The number of aliphatic hydroxyl groups excluding tert-OH is 1. The molecule has 0 unspecified atom stereocenters. The van der Waals surface area contributed by atoms with Crippen LogP contribution in [0.5, 0.6) is 0 Å². The molecule has 0 saturated heterocycles. The maximum Gasteiger partial charge on any atom is 0.0741 e. The van der Waals surface area contributed by atoms with Crippen LogP contribution in [0.4, 0.5) is 5.69 Å². The first-order chi connectivity index (χ1) is 5.86. The number of para-hydroxylation sites is 1. The van der Waals surface area contributed by atoms with E-state index in [1.54, 1.807) is 0 Å². The van der Waals surface area contributed by atoms with Gasteiger partial charge in [-0.3, -0.25) is 0 Å². The van der Waals surface area contributed by atoms with E-state index >= 15 is 0 Å². The van der Waals surface area contributed by atoms with Crippen molar-refractivity contribution >= 4 is 5.69 Å². The number of benzene rings is 1. The van der Waals surface area contributed by atoms with Gasteiger partial charge < -0.3 is 10.4 Å². The molecule has 0 aromatic heterocycles. The molecule has 0 bridgehead atoms. The van der Waals surface area contributed by atoms with Crippen LogP contribution in [-0.4, -0.2) is 17.3 Å². The molecule has 1 aromatic carbocycles. The maximum absolute atomic E-state index is 9.31. The smallest absolute Gasteiger partial charge is 0.0741 e. The van der Waals surface area contributed by atoms with E-state index in [1.807, 2.05) is 30.3 Å². The molecule has 1 fully saturated rings. The molecule has 1 aliphatic carbocycles. The van der Waals surface area contributed by atoms with Gasteiger partial charge in [0.2, 0.25) is 0 Å². The van der Waals surface area contributed by atoms with Crippen molar-refractivity contribution in [1.29, 1.82) is 0 Å². The monoisotopic (exact) mass is 163 g/mol. The molecule has 2 atom stereocenters. The van der Waals surface area contributed by atoms with E-state index in [-0.39, 0.29) is 12.1 Å². The molecule has 0 amide bonds. The van der Waals surface area contributed by atoms with Crippen LogP contribution < -0.4 is 5.32 Å². The van der Waals surface area contributed by atoms with Crippen molar-refractivity contribution in [1.82, 2.24) is 0 Å². The molecule has 0 spiro atoms. The first-order valence-corrected chi connectivity index (χ1v) is 4.36. The summed E-state index contributed by atoms with van der Waals surface area (Å²) in [6.07, 6.45) is 1.87. The molecule has 64 valence electrons. The van der Waals surface area contributed by atoms with Gasteiger partial charge in [0.05, 0.1) is 12.1 Å². The first-order valence-electron chi connectivity index (χ1n) is 4.36. The summed E-state index contributed by atoms with van der Waals surface area (Å²) in [6.45, 7) is 0. The zero-order valence-electron chi connectivity index (χ0n) is 6.90. The van der Waals surface area contributed by atoms with Crippen LogP contribution in [0, 0.1) is 0 Å². The van der Waals surface area contributed by atoms with E-state index in [1.165, 1.54) is 0 Å². The standard InChI is InChI=1S/C10H13NO/c12-10-7-6-9(10)11-8-4-2-1-3-5-8/h1-5,9-12H,6-7H2/t9-,10-/m1/s1. The van der Waals surface area contributed by atoms with Crippen molar-refractivity contribution < 1.29 is 5.11 Å². The topological polar surface area (TPSA) is 32.3 Å². The summed E-state index contributed by atoms with van der Waals surface area (Å²) in [7, 11) is 0. The molecule has 2 N–H and O–H groups in total. The van der Waals surface area contributed by atoms with E-state index in [0.29, 0.717) is 0 Å². The van der Waals surface area contributed by atoms with Crippen molar-refractivity contribution in [2.75, 3.05) is 5.32 Å². The summed E-state index contributed by atoms with van der Waals surface area (Å²) < 4.78 is 0. The molecule has 2 rings (SSSR count). The highest BCUT2D eigenvalue weighted by Crippen LogP contribution is 2.23. The predicted octanol–water partition coefficient (Wildman–Crippen LogP) is 1.62. The van der Waals surface area contributed by atoms with Gasteiger partial charge >= 0.3 is 0 Å². The van der Waals surface area contributed by atoms with Crippen molar-refractivity contribution in [2.45, 2.75) is 25.0 Å². The number of hydrogen-bond donors (Lipinski definition) is 2. The lowest BCUT2D eigenvalue weighted by Gasteiger charge is -2.33. The van der Waals surface area contributed by atoms with Gasteiger partial charge in [0.1, 0.15) is 0 Å². The molecule has 0 radical (unpaired) electrons. The molecule has 1 aliphatic rings. The molecule has 12 heavy (non-hydrogen) atoms. The van der Waals surface area contributed by atoms with Gasteiger partial charge in [-0.2, -0.15) is 0 Å². The highest BCUT2D eigenvalue weighted by molar-refractivity contribution is 5.44. The number of aliphatic hydroxyl groups is 1. The van der Waals surface area contributed by atoms with Crippen molar-refractivity contribution in [3.8, 4) is 0 Å². The van der Waals surface area contributed by atoms with E-state index in [2.05, 4.69) is 5.32 Å². The second-order valence-electron chi connectivity index (χ2n) is 3.26. The number of hydrogen-bond acceptors (Lipinski definition) is 2. The summed E-state index contributed by atoms with van der Waals surface area (Å²) in [5.41, 5.74) is 1.10. The number of rotatable bonds is 2. The van der Waals surface area contributed by atoms with Gasteiger partial charge in [0.15, 0.2) is 0 Å². The highest BCUT2D eigenvalue weighted by Gasteiger charge is 2.28. The van der Waals surface area contributed by atoms with Crippen molar-refractivity contribution in [3.63, 3.8) is 0 Å². The van der Waals surface area contributed by atoms with Crippen molar-refractivity contribution in [3.05, 3.63) is 30.3 Å². The van der Waals surface area contributed by atoms with Gasteiger partial charge in [0, 0.05) is 5.69 Å². The lowest BCUT2D eigenvalue weighted by atomic mass is 9.89. The van der Waals surface area contributed by atoms with Gasteiger partial charge in [-0.25, -0.2) is 0 Å². The number of nitrogens with one attached hydrogen (secondary N) is 1. The zero-order chi connectivity index (χ0) is 8.39. The third-order valence-electron chi connectivity index (χ3n) is 2.36. The van der Waals surface area contributed by atoms with E-state index in [0.717, 1.165) is 18.5 Å². The Morgan fingerprint density at radius 2 is 1.92 bits per heavy atom. The summed E-state index contributed by atoms with van der Waals surface area (Å²) in [5.74, 6) is 0. The van der Waals surface area contributed by atoms with E-state index in [9.17, 15) is 5.11 Å². The first kappa shape index (κ1) is 7.62. The number of anilines is 1. The highest BCUT2D eigenvalue weighted by atomic mass is 16.3. The van der Waals surface area contributed by atoms with Gasteiger partial charge in [-0.1, -0.05) is 18.2 Å². The van der Waals surface area contributed by atoms with Gasteiger partial charge in [-0.05, 0) is 25.0 Å². The molecule has 2 nitrogen and oxygen atoms in total. The third-order valence-corrected chi connectivity index (χ3v) is 2.36. The Bertz CT molecular complexity index is 247. The van der Waals surface area contributed by atoms with Gasteiger partial charge in [-0.15, -0.1) is 0 Å². The Balaban J connectivity index is 1.95. The average molecular weight is 163 g/mol. The summed E-state index contributed by atoms with van der Waals surface area (Å²) >= 11 is 0. The molecule has 0 heterocycles. The van der Waals surface area contributed by atoms with Gasteiger partial charge in [0.25, 0.3) is 0 Å². The fourth-order valence-corrected chi connectivity index (χ4v) is 1.40. The fourth-order valence-electron chi connectivity index (χ4n) is 1.40. The minimum absolute atomic E-state index is 0.148. The van der Waals surface area contributed by atoms with Crippen LogP contribution >= 0.6 is 0 Å². The molecular weight excluding hydrogens is 150 g/mol. The van der Waals surface area contributed by atoms with Crippen LogP contribution in [-0.2, 0) is 0 Å². The quantitative estimate of drug-likeness (QED) is 0.694. The van der Waals surface area contributed by atoms with E-state index < -0.39 is 0 Å². The van der Waals surface area contributed by atoms with Crippen molar-refractivity contribution in [2.24, 2.45) is 0 Å². The van der Waals surface area contributed by atoms with Crippen LogP contribution in [0.3, 0.4) is 0 Å². The SMILES string of the molecule is O[C@@H]1CC[C@H]1Nc1ccccc1. The summed E-state index contributed by atoms with van der Waals surface area (Å²) in [5, 5.41) is 12.6. The Kier molecular flexibility index (Phi) is 2.00. The van der Waals surface area contributed by atoms with Crippen LogP contribution in [0.2, 0.25) is 0 Å². The molecular formula is C10H13NO. The van der Waals surface area contributed by atoms with Crippen LogP contribution in [0.15, 0.2) is 30.3 Å². The Morgan fingerprint density at radius 1 is 1.17 bits per heavy atom. The molecule has 1 saturated carbocycles. The molecule has 1 aromatic rings. The second kappa shape index (κ2) is 3.15. The zero-order valence-corrected chi connectivity index (χ0v) is 6.90. The molecule has 0 aliphatic heterocycles. The Labute approximate surface area is 72.2 Å². The lowest BCUT2D eigenvalue weighted by molar-refractivity contribution is 0.0786. The Hall–Kier alpha value is -1.02. The minimum atomic E-state index is -0.148. The summed E-state index contributed by atoms with van der Waals surface area (Å²) in [4.78, 5) is 0. The predicted molar refractivity (Wildman–Crippen MR) is 49.1 cm³/mol. The molecule has 2 heteroatoms. The maximum atomic E-state index is 9.31.